The van der Waals surface area contributed by atoms with Crippen LogP contribution in [-0.4, -0.2) is 19.5 Å². The first kappa shape index (κ1) is 15.4. The highest BCUT2D eigenvalue weighted by Crippen LogP contribution is 2.21. The van der Waals surface area contributed by atoms with E-state index in [9.17, 15) is 14.0 Å². The summed E-state index contributed by atoms with van der Waals surface area (Å²) in [6, 6.07) is 2.71. The van der Waals surface area contributed by atoms with E-state index in [1.807, 2.05) is 13.8 Å². The molecule has 1 N–H and O–H groups in total. The molecule has 3 rings (SSSR count). The number of rotatable bonds is 2. The Bertz CT molecular complexity index is 1040. The van der Waals surface area contributed by atoms with Crippen LogP contribution in [0.1, 0.15) is 18.2 Å². The smallest absolute Gasteiger partial charge is 0.273 e. The molecular formula is C15H12ClFN4O2. The predicted octanol–water partition coefficient (Wildman–Crippen LogP) is 2.13. The lowest BCUT2D eigenvalue weighted by Crippen LogP contribution is -2.31. The minimum Gasteiger partial charge on any atom is -0.273 e. The Balaban J connectivity index is 2.56. The zero-order valence-electron chi connectivity index (χ0n) is 12.4. The van der Waals surface area contributed by atoms with Gasteiger partial charge in [-0.15, -0.1) is 0 Å². The van der Waals surface area contributed by atoms with Gasteiger partial charge in [0.2, 0.25) is 0 Å². The van der Waals surface area contributed by atoms with E-state index in [1.165, 1.54) is 4.57 Å². The van der Waals surface area contributed by atoms with Crippen LogP contribution in [0, 0.1) is 12.7 Å². The molecular weight excluding hydrogens is 323 g/mol. The van der Waals surface area contributed by atoms with Crippen molar-refractivity contribution in [2.24, 2.45) is 0 Å². The zero-order chi connectivity index (χ0) is 16.7. The van der Waals surface area contributed by atoms with Crippen molar-refractivity contribution in [3.63, 3.8) is 0 Å². The van der Waals surface area contributed by atoms with Crippen molar-refractivity contribution in [1.82, 2.24) is 19.5 Å². The molecule has 3 heterocycles. The van der Waals surface area contributed by atoms with Gasteiger partial charge in [0.15, 0.2) is 16.6 Å². The van der Waals surface area contributed by atoms with Gasteiger partial charge >= 0.3 is 5.69 Å². The molecule has 0 atom stereocenters. The average Bonchev–Trinajstić information content (AvgIpc) is 2.50. The van der Waals surface area contributed by atoms with Gasteiger partial charge in [-0.2, -0.15) is 0 Å². The fourth-order valence-corrected chi connectivity index (χ4v) is 2.62. The number of pyridine rings is 2. The maximum atomic E-state index is 13.6. The normalized spacial score (nSPS) is 11.1. The van der Waals surface area contributed by atoms with E-state index in [-0.39, 0.29) is 11.0 Å². The fraction of sp³-hybridized carbons (Fsp3) is 0.200. The Morgan fingerprint density at radius 3 is 2.83 bits per heavy atom. The van der Waals surface area contributed by atoms with E-state index in [0.717, 1.165) is 11.6 Å². The summed E-state index contributed by atoms with van der Waals surface area (Å²) < 4.78 is 14.9. The maximum Gasteiger partial charge on any atom is 0.334 e. The van der Waals surface area contributed by atoms with E-state index in [4.69, 9.17) is 11.6 Å². The number of aromatic amines is 1. The van der Waals surface area contributed by atoms with Crippen molar-refractivity contribution in [1.29, 1.82) is 0 Å². The lowest BCUT2D eigenvalue weighted by molar-refractivity contribution is 0.623. The van der Waals surface area contributed by atoms with E-state index in [0.29, 0.717) is 17.8 Å². The Hall–Kier alpha value is -2.54. The van der Waals surface area contributed by atoms with Gasteiger partial charge in [-0.25, -0.2) is 18.7 Å². The lowest BCUT2D eigenvalue weighted by atomic mass is 10.1. The quantitative estimate of drug-likeness (QED) is 0.728. The summed E-state index contributed by atoms with van der Waals surface area (Å²) in [5.74, 6) is -0.825. The molecule has 0 aromatic carbocycles. The number of H-pyrrole nitrogens is 1. The number of fused-ring (bicyclic) bond motifs is 1. The minimum absolute atomic E-state index is 0.00375. The summed E-state index contributed by atoms with van der Waals surface area (Å²) in [6.45, 7) is 3.70. The third kappa shape index (κ3) is 2.43. The van der Waals surface area contributed by atoms with Crippen molar-refractivity contribution >= 4 is 22.6 Å². The molecule has 0 amide bonds. The van der Waals surface area contributed by atoms with Gasteiger partial charge in [-0.05, 0) is 31.0 Å². The van der Waals surface area contributed by atoms with Gasteiger partial charge in [-0.3, -0.25) is 14.8 Å². The first-order chi connectivity index (χ1) is 10.9. The molecule has 0 unspecified atom stereocenters. The predicted molar refractivity (Wildman–Crippen MR) is 84.8 cm³/mol. The van der Waals surface area contributed by atoms with Crippen LogP contribution in [0.3, 0.4) is 0 Å². The van der Waals surface area contributed by atoms with Crippen molar-refractivity contribution < 1.29 is 4.39 Å². The van der Waals surface area contributed by atoms with Crippen molar-refractivity contribution in [3.8, 4) is 5.69 Å². The molecule has 8 heteroatoms. The number of aromatic nitrogens is 4. The third-order valence-corrected chi connectivity index (χ3v) is 3.82. The fourth-order valence-electron chi connectivity index (χ4n) is 2.49. The van der Waals surface area contributed by atoms with E-state index in [1.54, 1.807) is 12.3 Å². The topological polar surface area (TPSA) is 80.6 Å². The Kier molecular flexibility index (Phi) is 3.73. The molecule has 6 nitrogen and oxygen atoms in total. The first-order valence-corrected chi connectivity index (χ1v) is 7.27. The Labute approximate surface area is 134 Å². The molecule has 0 radical (unpaired) electrons. The molecule has 0 saturated carbocycles. The molecule has 0 spiro atoms. The average molecular weight is 335 g/mol. The number of aryl methyl sites for hydroxylation is 2. The van der Waals surface area contributed by atoms with Gasteiger partial charge in [0.05, 0.1) is 16.8 Å². The zero-order valence-corrected chi connectivity index (χ0v) is 13.1. The van der Waals surface area contributed by atoms with Gasteiger partial charge < -0.3 is 0 Å². The third-order valence-electron chi connectivity index (χ3n) is 3.55. The summed E-state index contributed by atoms with van der Waals surface area (Å²) in [4.78, 5) is 34.7. The SMILES string of the molecule is CCc1nccc(C)c1-n1c(=O)[nH]c(=O)c2cc(F)c(Cl)nc21. The van der Waals surface area contributed by atoms with Crippen LogP contribution in [-0.2, 0) is 6.42 Å². The van der Waals surface area contributed by atoms with E-state index >= 15 is 0 Å². The van der Waals surface area contributed by atoms with Crippen molar-refractivity contribution in [3.05, 3.63) is 61.4 Å². The summed E-state index contributed by atoms with van der Waals surface area (Å²) in [6.07, 6.45) is 2.20. The van der Waals surface area contributed by atoms with Gasteiger partial charge in [-0.1, -0.05) is 18.5 Å². The minimum atomic E-state index is -0.825. The van der Waals surface area contributed by atoms with Crippen LogP contribution in [0.2, 0.25) is 5.15 Å². The van der Waals surface area contributed by atoms with Crippen LogP contribution in [0.25, 0.3) is 16.7 Å². The molecule has 0 aliphatic carbocycles. The summed E-state index contributed by atoms with van der Waals surface area (Å²) in [5, 5.41) is -0.465. The second-order valence-corrected chi connectivity index (χ2v) is 5.36. The number of nitrogens with one attached hydrogen (secondary N) is 1. The highest BCUT2D eigenvalue weighted by molar-refractivity contribution is 6.29. The molecule has 23 heavy (non-hydrogen) atoms. The Morgan fingerprint density at radius 1 is 1.39 bits per heavy atom. The second-order valence-electron chi connectivity index (χ2n) is 5.00. The summed E-state index contributed by atoms with van der Waals surface area (Å²) in [7, 11) is 0. The molecule has 0 fully saturated rings. The van der Waals surface area contributed by atoms with Crippen molar-refractivity contribution in [2.45, 2.75) is 20.3 Å². The van der Waals surface area contributed by atoms with Gasteiger partial charge in [0.1, 0.15) is 0 Å². The maximum absolute atomic E-state index is 13.6. The summed E-state index contributed by atoms with van der Waals surface area (Å²) >= 11 is 5.74. The largest absolute Gasteiger partial charge is 0.334 e. The molecule has 3 aromatic rings. The number of hydrogen-bond donors (Lipinski definition) is 1. The number of halogens is 2. The molecule has 0 aliphatic heterocycles. The molecule has 0 aliphatic rings. The molecule has 0 saturated heterocycles. The molecule has 3 aromatic heterocycles. The van der Waals surface area contributed by atoms with Crippen LogP contribution in [0.4, 0.5) is 4.39 Å². The van der Waals surface area contributed by atoms with Crippen LogP contribution in [0.15, 0.2) is 27.9 Å². The molecule has 118 valence electrons. The standard InChI is InChI=1S/C15H12ClFN4O2/c1-3-10-11(7(2)4-5-18-10)21-13-8(14(22)20-15(21)23)6-9(17)12(16)19-13/h4-6H,3H2,1-2H3,(H,20,22,23). The highest BCUT2D eigenvalue weighted by Gasteiger charge is 2.17. The van der Waals surface area contributed by atoms with Crippen LogP contribution in [0.5, 0.6) is 0 Å². The monoisotopic (exact) mass is 334 g/mol. The van der Waals surface area contributed by atoms with E-state index < -0.39 is 22.2 Å². The Morgan fingerprint density at radius 2 is 2.13 bits per heavy atom. The number of nitrogens with zero attached hydrogens (tertiary/aromatic N) is 3. The number of hydrogen-bond acceptors (Lipinski definition) is 4. The van der Waals surface area contributed by atoms with Gasteiger partial charge in [0.25, 0.3) is 5.56 Å². The summed E-state index contributed by atoms with van der Waals surface area (Å²) in [5.41, 5.74) is 0.539. The van der Waals surface area contributed by atoms with Gasteiger partial charge in [0, 0.05) is 6.20 Å². The van der Waals surface area contributed by atoms with Crippen LogP contribution >= 0.6 is 11.6 Å². The second kappa shape index (κ2) is 5.58. The lowest BCUT2D eigenvalue weighted by Gasteiger charge is -2.14. The van der Waals surface area contributed by atoms with Crippen molar-refractivity contribution in [2.75, 3.05) is 0 Å². The molecule has 0 bridgehead atoms. The highest BCUT2D eigenvalue weighted by atomic mass is 35.5. The first-order valence-electron chi connectivity index (χ1n) is 6.90. The van der Waals surface area contributed by atoms with Crippen LogP contribution < -0.4 is 11.2 Å². The van der Waals surface area contributed by atoms with E-state index in [2.05, 4.69) is 15.0 Å².